The van der Waals surface area contributed by atoms with Crippen LogP contribution in [0.15, 0.2) is 12.4 Å². The summed E-state index contributed by atoms with van der Waals surface area (Å²) in [6.45, 7) is 4.88. The minimum absolute atomic E-state index is 0.00993. The minimum Gasteiger partial charge on any atom is -0.350 e. The molecule has 2 aliphatic rings. The summed E-state index contributed by atoms with van der Waals surface area (Å²) in [6, 6.07) is 0.230. The molecule has 25 heavy (non-hydrogen) atoms. The monoisotopic (exact) mass is 365 g/mol. The van der Waals surface area contributed by atoms with Crippen molar-refractivity contribution in [1.82, 2.24) is 25.1 Å². The number of fused-ring (bicyclic) bond motifs is 1. The Balaban J connectivity index is 1.61. The quantitative estimate of drug-likeness (QED) is 0.889. The van der Waals surface area contributed by atoms with E-state index in [1.165, 1.54) is 6.20 Å². The molecule has 2 atom stereocenters. The Morgan fingerprint density at radius 2 is 2.08 bits per heavy atom. The highest BCUT2D eigenvalue weighted by Gasteiger charge is 2.45. The summed E-state index contributed by atoms with van der Waals surface area (Å²) in [7, 11) is 1.83. The minimum atomic E-state index is -0.203. The van der Waals surface area contributed by atoms with Crippen molar-refractivity contribution in [3.05, 3.63) is 23.2 Å². The van der Waals surface area contributed by atoms with E-state index in [2.05, 4.69) is 29.1 Å². The first-order valence-electron chi connectivity index (χ1n) is 8.57. The van der Waals surface area contributed by atoms with Crippen LogP contribution in [0.3, 0.4) is 0 Å². The zero-order valence-corrected chi connectivity index (χ0v) is 15.6. The Morgan fingerprint density at radius 1 is 1.36 bits per heavy atom. The van der Waals surface area contributed by atoms with Crippen molar-refractivity contribution in [1.29, 1.82) is 0 Å². The Labute approximate surface area is 152 Å². The maximum Gasteiger partial charge on any atom is 0.320 e. The first kappa shape index (κ1) is 17.9. The van der Waals surface area contributed by atoms with Crippen LogP contribution < -0.4 is 5.32 Å². The number of nitrogens with zero attached hydrogens (tertiary/aromatic N) is 4. The second-order valence-electron chi connectivity index (χ2n) is 7.45. The summed E-state index contributed by atoms with van der Waals surface area (Å²) < 4.78 is 0. The number of amides is 3. The van der Waals surface area contributed by atoms with Gasteiger partial charge in [0, 0.05) is 37.6 Å². The molecule has 2 unspecified atom stereocenters. The normalized spacial score (nSPS) is 25.5. The maximum absolute atomic E-state index is 12.7. The summed E-state index contributed by atoms with van der Waals surface area (Å²) in [6.07, 6.45) is 5.62. The van der Waals surface area contributed by atoms with Gasteiger partial charge in [-0.25, -0.2) is 9.78 Å². The first-order valence-corrected chi connectivity index (χ1v) is 8.95. The fraction of sp³-hybridized carbons (Fsp3) is 0.647. The predicted molar refractivity (Wildman–Crippen MR) is 94.0 cm³/mol. The Bertz CT molecular complexity index is 681. The largest absolute Gasteiger partial charge is 0.350 e. The van der Waals surface area contributed by atoms with Gasteiger partial charge in [-0.15, -0.1) is 0 Å². The molecule has 136 valence electrons. The third-order valence-corrected chi connectivity index (χ3v) is 5.72. The van der Waals surface area contributed by atoms with Crippen LogP contribution >= 0.6 is 11.6 Å². The number of urea groups is 1. The number of piperidine rings is 1. The van der Waals surface area contributed by atoms with Crippen LogP contribution in [-0.4, -0.2) is 56.9 Å². The van der Waals surface area contributed by atoms with Gasteiger partial charge in [0.25, 0.3) is 0 Å². The third kappa shape index (κ3) is 3.56. The van der Waals surface area contributed by atoms with Gasteiger partial charge >= 0.3 is 6.03 Å². The number of hydrogen-bond donors (Lipinski definition) is 1. The number of nitrogens with one attached hydrogen (secondary N) is 1. The maximum atomic E-state index is 12.7. The van der Waals surface area contributed by atoms with E-state index in [0.717, 1.165) is 19.3 Å². The molecule has 2 saturated heterocycles. The number of halogens is 1. The third-order valence-electron chi connectivity index (χ3n) is 5.41. The molecular formula is C17H24ClN5O2. The molecule has 3 amide bonds. The number of carbonyl (C=O) groups is 2. The molecule has 3 rings (SSSR count). The molecule has 3 heterocycles. The van der Waals surface area contributed by atoms with Crippen LogP contribution in [0.5, 0.6) is 0 Å². The topological polar surface area (TPSA) is 78.4 Å². The van der Waals surface area contributed by atoms with E-state index in [1.54, 1.807) is 11.1 Å². The molecule has 1 N–H and O–H groups in total. The van der Waals surface area contributed by atoms with Gasteiger partial charge < -0.3 is 15.1 Å². The van der Waals surface area contributed by atoms with E-state index in [1.807, 2.05) is 11.9 Å². The van der Waals surface area contributed by atoms with Gasteiger partial charge in [-0.2, -0.15) is 0 Å². The van der Waals surface area contributed by atoms with Gasteiger partial charge in [-0.05, 0) is 33.1 Å². The van der Waals surface area contributed by atoms with Gasteiger partial charge in [-0.1, -0.05) is 11.6 Å². The number of rotatable bonds is 3. The van der Waals surface area contributed by atoms with Crippen molar-refractivity contribution in [2.75, 3.05) is 13.6 Å². The molecule has 0 radical (unpaired) electrons. The molecule has 8 heteroatoms. The van der Waals surface area contributed by atoms with Gasteiger partial charge in [0.05, 0.1) is 18.2 Å². The fourth-order valence-corrected chi connectivity index (χ4v) is 3.81. The van der Waals surface area contributed by atoms with Crippen molar-refractivity contribution in [3.63, 3.8) is 0 Å². The van der Waals surface area contributed by atoms with Gasteiger partial charge in [-0.3, -0.25) is 9.78 Å². The number of aromatic nitrogens is 2. The fourth-order valence-electron chi connectivity index (χ4n) is 3.64. The van der Waals surface area contributed by atoms with E-state index in [9.17, 15) is 9.59 Å². The van der Waals surface area contributed by atoms with Crippen LogP contribution in [0, 0.1) is 5.92 Å². The van der Waals surface area contributed by atoms with E-state index >= 15 is 0 Å². The van der Waals surface area contributed by atoms with E-state index in [4.69, 9.17) is 11.6 Å². The summed E-state index contributed by atoms with van der Waals surface area (Å²) in [4.78, 5) is 36.9. The first-order chi connectivity index (χ1) is 11.8. The lowest BCUT2D eigenvalue weighted by molar-refractivity contribution is -0.127. The molecule has 2 fully saturated rings. The molecule has 0 aliphatic carbocycles. The molecule has 0 spiro atoms. The van der Waals surface area contributed by atoms with E-state index in [-0.39, 0.29) is 36.0 Å². The zero-order chi connectivity index (χ0) is 18.2. The highest BCUT2D eigenvalue weighted by Crippen LogP contribution is 2.35. The van der Waals surface area contributed by atoms with Gasteiger partial charge in [0.1, 0.15) is 0 Å². The van der Waals surface area contributed by atoms with Gasteiger partial charge in [0.2, 0.25) is 5.91 Å². The molecule has 1 aromatic heterocycles. The Hall–Kier alpha value is -1.89. The molecule has 7 nitrogen and oxygen atoms in total. The van der Waals surface area contributed by atoms with Crippen LogP contribution in [-0.2, 0) is 11.3 Å². The van der Waals surface area contributed by atoms with Crippen LogP contribution in [0.25, 0.3) is 0 Å². The second kappa shape index (κ2) is 6.78. The lowest BCUT2D eigenvalue weighted by Gasteiger charge is -2.52. The smallest absolute Gasteiger partial charge is 0.320 e. The number of hydrogen-bond acceptors (Lipinski definition) is 4. The lowest BCUT2D eigenvalue weighted by atomic mass is 9.82. The molecular weight excluding hydrogens is 342 g/mol. The molecule has 0 aromatic carbocycles. The average molecular weight is 366 g/mol. The lowest BCUT2D eigenvalue weighted by Crippen LogP contribution is -2.64. The summed E-state index contributed by atoms with van der Waals surface area (Å²) in [5.74, 6) is -0.272. The highest BCUT2D eigenvalue weighted by molar-refractivity contribution is 6.29. The van der Waals surface area contributed by atoms with Gasteiger partial charge in [0.15, 0.2) is 5.15 Å². The van der Waals surface area contributed by atoms with E-state index in [0.29, 0.717) is 17.4 Å². The standard InChI is InChI=1S/C17H24ClN5O2/c1-17(2)8-12-5-4-11(10-23(12)16(25)22(17)3)15(24)21-9-13-14(18)20-7-6-19-13/h6-7,11-12H,4-5,8-10H2,1-3H3,(H,21,24). The molecule has 0 saturated carbocycles. The zero-order valence-electron chi connectivity index (χ0n) is 14.8. The summed E-state index contributed by atoms with van der Waals surface area (Å²) in [5.41, 5.74) is 0.400. The second-order valence-corrected chi connectivity index (χ2v) is 7.81. The highest BCUT2D eigenvalue weighted by atomic mass is 35.5. The van der Waals surface area contributed by atoms with Crippen LogP contribution in [0.2, 0.25) is 5.15 Å². The van der Waals surface area contributed by atoms with Crippen molar-refractivity contribution in [2.45, 2.75) is 51.2 Å². The Morgan fingerprint density at radius 3 is 2.80 bits per heavy atom. The van der Waals surface area contributed by atoms with Crippen molar-refractivity contribution >= 4 is 23.5 Å². The summed E-state index contributed by atoms with van der Waals surface area (Å²) >= 11 is 5.96. The van der Waals surface area contributed by atoms with Crippen molar-refractivity contribution in [3.8, 4) is 0 Å². The molecule has 0 bridgehead atoms. The SMILES string of the molecule is CN1C(=O)N2CC(C(=O)NCc3nccnc3Cl)CCC2CC1(C)C. The average Bonchev–Trinajstić information content (AvgIpc) is 2.58. The van der Waals surface area contributed by atoms with E-state index < -0.39 is 0 Å². The summed E-state index contributed by atoms with van der Waals surface area (Å²) in [5, 5.41) is 3.16. The van der Waals surface area contributed by atoms with Crippen LogP contribution in [0.4, 0.5) is 4.79 Å². The molecule has 2 aliphatic heterocycles. The molecule has 1 aromatic rings. The number of carbonyl (C=O) groups excluding carboxylic acids is 2. The predicted octanol–water partition coefficient (Wildman–Crippen LogP) is 2.06. The van der Waals surface area contributed by atoms with Crippen molar-refractivity contribution < 1.29 is 9.59 Å². The van der Waals surface area contributed by atoms with Crippen molar-refractivity contribution in [2.24, 2.45) is 5.92 Å². The Kier molecular flexibility index (Phi) is 4.86. The van der Waals surface area contributed by atoms with Crippen LogP contribution in [0.1, 0.15) is 38.8 Å².